The third kappa shape index (κ3) is 4.46. The Morgan fingerprint density at radius 2 is 2.17 bits per heavy atom. The summed E-state index contributed by atoms with van der Waals surface area (Å²) in [6, 6.07) is 0.790. The molecule has 0 spiro atoms. The Hall–Kier alpha value is -2.02. The van der Waals surface area contributed by atoms with Crippen molar-refractivity contribution in [2.24, 2.45) is 11.5 Å². The number of primary amides is 1. The van der Waals surface area contributed by atoms with Gasteiger partial charge >= 0.3 is 5.97 Å². The highest BCUT2D eigenvalue weighted by Gasteiger charge is 2.11. The van der Waals surface area contributed by atoms with E-state index in [-0.39, 0.29) is 0 Å². The molecule has 0 radical (unpaired) electrons. The van der Waals surface area contributed by atoms with Gasteiger partial charge in [0.25, 0.3) is 5.91 Å². The van der Waals surface area contributed by atoms with Crippen LogP contribution in [0.1, 0.15) is 29.6 Å². The van der Waals surface area contributed by atoms with Gasteiger partial charge in [-0.1, -0.05) is 4.68 Å². The van der Waals surface area contributed by atoms with Crippen LogP contribution in [-0.4, -0.2) is 28.1 Å². The highest BCUT2D eigenvalue weighted by atomic mass is 16.4. The molecule has 98 valence electrons. The Labute approximate surface area is 104 Å². The minimum absolute atomic E-state index is 0.360. The number of amides is 1. The first-order chi connectivity index (χ1) is 8.50. The van der Waals surface area contributed by atoms with E-state index in [9.17, 15) is 9.59 Å². The van der Waals surface area contributed by atoms with E-state index in [1.165, 1.54) is 6.20 Å². The Morgan fingerprint density at radius 1 is 1.44 bits per heavy atom. The van der Waals surface area contributed by atoms with E-state index in [1.807, 2.05) is 0 Å². The number of nitrogens with two attached hydrogens (primary N) is 2. The standard InChI is InChI=1S/C11H16N4O3/c12-9(11(17)18)3-1-2-5-15-6-4-8(7-14-15)10(13)16/h4,6-7,9H,1-3,5,12H2,(H2-,13,16,17,18)/p+1/t9-/m0/s1. The maximum Gasteiger partial charge on any atom is 0.320 e. The lowest BCUT2D eigenvalue weighted by atomic mass is 10.1. The third-order valence-corrected chi connectivity index (χ3v) is 2.53. The molecule has 1 rings (SSSR count). The molecule has 0 saturated carbocycles. The average molecular weight is 253 g/mol. The van der Waals surface area contributed by atoms with Gasteiger partial charge < -0.3 is 16.6 Å². The van der Waals surface area contributed by atoms with E-state index >= 15 is 0 Å². The van der Waals surface area contributed by atoms with Crippen molar-refractivity contribution in [2.45, 2.75) is 31.8 Å². The molecule has 7 nitrogen and oxygen atoms in total. The van der Waals surface area contributed by atoms with E-state index < -0.39 is 17.9 Å². The molecule has 0 fully saturated rings. The molecule has 0 bridgehead atoms. The average Bonchev–Trinajstić information content (AvgIpc) is 2.34. The molecular formula is C11H17N4O3+. The van der Waals surface area contributed by atoms with Crippen molar-refractivity contribution >= 4 is 11.9 Å². The van der Waals surface area contributed by atoms with Gasteiger partial charge in [-0.15, -0.1) is 0 Å². The summed E-state index contributed by atoms with van der Waals surface area (Å²) in [5.74, 6) is -1.49. The van der Waals surface area contributed by atoms with Crippen molar-refractivity contribution in [3.8, 4) is 0 Å². The molecule has 18 heavy (non-hydrogen) atoms. The van der Waals surface area contributed by atoms with Crippen molar-refractivity contribution in [3.63, 3.8) is 0 Å². The van der Waals surface area contributed by atoms with E-state index in [1.54, 1.807) is 16.9 Å². The van der Waals surface area contributed by atoms with Gasteiger partial charge in [0.05, 0.1) is 5.56 Å². The van der Waals surface area contributed by atoms with Gasteiger partial charge in [0, 0.05) is 12.5 Å². The number of hydrogen-bond donors (Lipinski definition) is 3. The molecule has 1 aromatic heterocycles. The Morgan fingerprint density at radius 3 is 2.67 bits per heavy atom. The number of unbranched alkanes of at least 4 members (excludes halogenated alkanes) is 1. The largest absolute Gasteiger partial charge is 0.480 e. The second kappa shape index (κ2) is 6.65. The molecule has 0 saturated heterocycles. The zero-order valence-corrected chi connectivity index (χ0v) is 9.95. The first-order valence-corrected chi connectivity index (χ1v) is 5.64. The molecule has 0 unspecified atom stereocenters. The molecule has 7 heteroatoms. The molecule has 1 amide bonds. The summed E-state index contributed by atoms with van der Waals surface area (Å²) < 4.78 is 1.67. The lowest BCUT2D eigenvalue weighted by Crippen LogP contribution is -2.38. The number of rotatable bonds is 7. The molecule has 0 aliphatic carbocycles. The zero-order chi connectivity index (χ0) is 13.5. The number of aromatic nitrogens is 2. The smallest absolute Gasteiger partial charge is 0.320 e. The van der Waals surface area contributed by atoms with Crippen LogP contribution in [0.15, 0.2) is 18.5 Å². The third-order valence-electron chi connectivity index (χ3n) is 2.53. The minimum atomic E-state index is -0.980. The number of carboxylic acids is 1. The summed E-state index contributed by atoms with van der Waals surface area (Å²) in [4.78, 5) is 21.3. The van der Waals surface area contributed by atoms with Gasteiger partial charge in [-0.25, -0.2) is 0 Å². The molecule has 5 N–H and O–H groups in total. The maximum absolute atomic E-state index is 10.8. The molecular weight excluding hydrogens is 236 g/mol. The van der Waals surface area contributed by atoms with Crippen molar-refractivity contribution in [3.05, 3.63) is 24.0 Å². The zero-order valence-electron chi connectivity index (χ0n) is 9.95. The summed E-state index contributed by atoms with van der Waals surface area (Å²) in [7, 11) is 0. The van der Waals surface area contributed by atoms with E-state index in [4.69, 9.17) is 16.6 Å². The Balaban J connectivity index is 2.31. The summed E-state index contributed by atoms with van der Waals surface area (Å²) >= 11 is 0. The van der Waals surface area contributed by atoms with Crippen LogP contribution in [0.4, 0.5) is 0 Å². The van der Waals surface area contributed by atoms with Gasteiger partial charge in [-0.05, 0) is 17.9 Å². The topological polar surface area (TPSA) is 123 Å². The molecule has 0 aliphatic heterocycles. The highest BCUT2D eigenvalue weighted by molar-refractivity contribution is 5.92. The summed E-state index contributed by atoms with van der Waals surface area (Å²) in [5, 5.41) is 12.6. The van der Waals surface area contributed by atoms with Crippen LogP contribution in [-0.2, 0) is 11.3 Å². The van der Waals surface area contributed by atoms with Crippen LogP contribution >= 0.6 is 0 Å². The van der Waals surface area contributed by atoms with Gasteiger partial charge in [0.1, 0.15) is 12.2 Å². The quantitative estimate of drug-likeness (QED) is 0.427. The minimum Gasteiger partial charge on any atom is -0.480 e. The van der Waals surface area contributed by atoms with Crippen molar-refractivity contribution in [2.75, 3.05) is 0 Å². The van der Waals surface area contributed by atoms with Gasteiger partial charge in [0.2, 0.25) is 0 Å². The van der Waals surface area contributed by atoms with E-state index in [2.05, 4.69) is 5.10 Å². The maximum atomic E-state index is 10.8. The Bertz CT molecular complexity index is 419. The first-order valence-electron chi connectivity index (χ1n) is 5.64. The van der Waals surface area contributed by atoms with Crippen LogP contribution in [0.25, 0.3) is 0 Å². The fourth-order valence-corrected chi connectivity index (χ4v) is 1.42. The molecule has 0 aliphatic rings. The van der Waals surface area contributed by atoms with Gasteiger partial charge in [-0.3, -0.25) is 9.59 Å². The number of hydrogen-bond acceptors (Lipinski definition) is 4. The second-order valence-corrected chi connectivity index (χ2v) is 3.98. The number of aliphatic carboxylic acids is 1. The van der Waals surface area contributed by atoms with Gasteiger partial charge in [0.15, 0.2) is 12.7 Å². The van der Waals surface area contributed by atoms with Crippen LogP contribution in [0.5, 0.6) is 0 Å². The summed E-state index contributed by atoms with van der Waals surface area (Å²) in [5.41, 5.74) is 10.8. The predicted molar refractivity (Wildman–Crippen MR) is 62.4 cm³/mol. The number of carbonyl (C=O) groups is 2. The van der Waals surface area contributed by atoms with E-state index in [0.29, 0.717) is 24.9 Å². The number of aryl methyl sites for hydroxylation is 1. The first kappa shape index (κ1) is 14.0. The summed E-state index contributed by atoms with van der Waals surface area (Å²) in [6.07, 6.45) is 4.99. The normalized spacial score (nSPS) is 12.1. The molecule has 1 heterocycles. The Kier molecular flexibility index (Phi) is 5.19. The van der Waals surface area contributed by atoms with Crippen LogP contribution in [0.3, 0.4) is 0 Å². The fraction of sp³-hybridized carbons (Fsp3) is 0.455. The number of nitrogens with zero attached hydrogens (tertiary/aromatic N) is 2. The number of carbonyl (C=O) groups excluding carboxylic acids is 1. The molecule has 1 atom stereocenters. The summed E-state index contributed by atoms with van der Waals surface area (Å²) in [6.45, 7) is 0.644. The van der Waals surface area contributed by atoms with Crippen molar-refractivity contribution in [1.29, 1.82) is 0 Å². The fourth-order valence-electron chi connectivity index (χ4n) is 1.42. The van der Waals surface area contributed by atoms with Crippen molar-refractivity contribution in [1.82, 2.24) is 5.10 Å². The predicted octanol–water partition coefficient (Wildman–Crippen LogP) is -0.950. The lowest BCUT2D eigenvalue weighted by molar-refractivity contribution is -0.754. The number of carboxylic acid groups (broad SMARTS) is 1. The monoisotopic (exact) mass is 253 g/mol. The molecule has 0 aromatic carbocycles. The van der Waals surface area contributed by atoms with Crippen LogP contribution in [0, 0.1) is 0 Å². The SMILES string of the molecule is NC(=O)c1cc[n+](CCCC[C@H](N)C(=O)O)nc1. The second-order valence-electron chi connectivity index (χ2n) is 3.98. The van der Waals surface area contributed by atoms with Crippen LogP contribution < -0.4 is 16.1 Å². The molecule has 1 aromatic rings. The highest BCUT2D eigenvalue weighted by Crippen LogP contribution is 1.99. The van der Waals surface area contributed by atoms with Crippen molar-refractivity contribution < 1.29 is 19.4 Å². The van der Waals surface area contributed by atoms with Gasteiger partial charge in [-0.2, -0.15) is 0 Å². The lowest BCUT2D eigenvalue weighted by Gasteiger charge is -2.03. The van der Waals surface area contributed by atoms with E-state index in [0.717, 1.165) is 6.42 Å². The van der Waals surface area contributed by atoms with Crippen LogP contribution in [0.2, 0.25) is 0 Å².